The van der Waals surface area contributed by atoms with E-state index >= 15 is 0 Å². The molecular formula is C42H46N12O2. The summed E-state index contributed by atoms with van der Waals surface area (Å²) in [5, 5.41) is 0. The van der Waals surface area contributed by atoms with Crippen molar-refractivity contribution in [1.29, 1.82) is 0 Å². The molecule has 286 valence electrons. The molecule has 4 aromatic heterocycles. The van der Waals surface area contributed by atoms with Gasteiger partial charge in [0, 0.05) is 13.1 Å². The SMILES string of the molecule is CN(C)[C@@H](C(=O)N1CCC[C@@H]1c1ncc(-c2cnc(-c3cnc(-c4cnc([C@H]5CCCN5C(=O)[C@@H](c5ccccc5)N(C)C)[nH]4)cn3)cn2)[nH]1)c1ccccc1. The Hall–Kier alpha value is -6.12. The number of aromatic amines is 2. The lowest BCUT2D eigenvalue weighted by molar-refractivity contribution is -0.138. The van der Waals surface area contributed by atoms with Crippen LogP contribution in [0.3, 0.4) is 0 Å². The molecule has 8 rings (SSSR count). The first-order chi connectivity index (χ1) is 27.3. The van der Waals surface area contributed by atoms with Crippen LogP contribution in [-0.4, -0.2) is 113 Å². The fourth-order valence-corrected chi connectivity index (χ4v) is 8.01. The van der Waals surface area contributed by atoms with Crippen molar-refractivity contribution in [2.24, 2.45) is 0 Å². The summed E-state index contributed by atoms with van der Waals surface area (Å²) in [4.78, 5) is 70.4. The van der Waals surface area contributed by atoms with Gasteiger partial charge in [0.15, 0.2) is 0 Å². The first-order valence-corrected chi connectivity index (χ1v) is 19.1. The topological polar surface area (TPSA) is 156 Å². The molecule has 2 fully saturated rings. The number of nitrogens with zero attached hydrogens (tertiary/aromatic N) is 10. The number of likely N-dealkylation sites (tertiary alicyclic amines) is 2. The summed E-state index contributed by atoms with van der Waals surface area (Å²) in [6, 6.07) is 18.7. The van der Waals surface area contributed by atoms with Crippen LogP contribution in [0.1, 0.15) is 72.6 Å². The summed E-state index contributed by atoms with van der Waals surface area (Å²) in [7, 11) is 7.75. The van der Waals surface area contributed by atoms with E-state index < -0.39 is 0 Å². The predicted octanol–water partition coefficient (Wildman–Crippen LogP) is 5.65. The molecule has 14 nitrogen and oxygen atoms in total. The van der Waals surface area contributed by atoms with Crippen molar-refractivity contribution in [3.05, 3.63) is 121 Å². The summed E-state index contributed by atoms with van der Waals surface area (Å²) in [6.45, 7) is 1.36. The quantitative estimate of drug-likeness (QED) is 0.170. The molecule has 2 saturated heterocycles. The van der Waals surface area contributed by atoms with Gasteiger partial charge in [0.2, 0.25) is 11.8 Å². The molecule has 0 unspecified atom stereocenters. The smallest absolute Gasteiger partial charge is 0.245 e. The van der Waals surface area contributed by atoms with Gasteiger partial charge in [-0.1, -0.05) is 60.7 Å². The van der Waals surface area contributed by atoms with E-state index in [4.69, 9.17) is 0 Å². The normalized spacial score (nSPS) is 18.2. The molecule has 56 heavy (non-hydrogen) atoms. The monoisotopic (exact) mass is 750 g/mol. The van der Waals surface area contributed by atoms with E-state index in [9.17, 15) is 9.59 Å². The van der Waals surface area contributed by atoms with Crippen LogP contribution in [0.5, 0.6) is 0 Å². The van der Waals surface area contributed by atoms with Gasteiger partial charge in [-0.3, -0.25) is 39.3 Å². The van der Waals surface area contributed by atoms with Crippen LogP contribution in [0.25, 0.3) is 34.2 Å². The maximum absolute atomic E-state index is 13.9. The average Bonchev–Trinajstić information content (AvgIpc) is 4.06. The Balaban J connectivity index is 0.930. The van der Waals surface area contributed by atoms with E-state index in [1.54, 1.807) is 37.2 Å². The molecule has 2 amide bonds. The Bertz CT molecular complexity index is 2090. The molecule has 2 N–H and O–H groups in total. The molecule has 6 aromatic rings. The number of carbonyl (C=O) groups excluding carboxylic acids is 2. The van der Waals surface area contributed by atoms with Crippen LogP contribution in [0.2, 0.25) is 0 Å². The van der Waals surface area contributed by atoms with Crippen molar-refractivity contribution in [2.45, 2.75) is 49.9 Å². The van der Waals surface area contributed by atoms with Gasteiger partial charge in [-0.2, -0.15) is 0 Å². The van der Waals surface area contributed by atoms with Crippen LogP contribution >= 0.6 is 0 Å². The van der Waals surface area contributed by atoms with Gasteiger partial charge >= 0.3 is 0 Å². The molecule has 14 heteroatoms. The van der Waals surface area contributed by atoms with E-state index in [1.165, 1.54) is 0 Å². The van der Waals surface area contributed by atoms with Crippen LogP contribution in [-0.2, 0) is 9.59 Å². The van der Waals surface area contributed by atoms with Crippen molar-refractivity contribution in [2.75, 3.05) is 41.3 Å². The molecule has 2 aliphatic heterocycles. The summed E-state index contributed by atoms with van der Waals surface area (Å²) in [5.74, 6) is 1.61. The molecule has 6 heterocycles. The average molecular weight is 751 g/mol. The Kier molecular flexibility index (Phi) is 10.5. The maximum Gasteiger partial charge on any atom is 0.245 e. The zero-order chi connectivity index (χ0) is 38.8. The standard InChI is InChI=1S/C42H46N12O2/c1-51(2)37(27-13-7-5-8-14-27)41(55)53-19-11-17-35(53)39-47-25-33(49-39)31-23-43-29(21-45-31)30-22-46-32(24-44-30)34-26-48-40(50-34)36-18-12-20-54(36)42(56)38(52(3)4)28-15-9-6-10-16-28/h5-10,13-16,21-26,35-38H,11-12,17-20H2,1-4H3,(H,47,49)(H,48,50)/t35-,36-,37-,38-/m1/s1. The molecule has 0 spiro atoms. The van der Waals surface area contributed by atoms with Crippen LogP contribution in [0.15, 0.2) is 97.8 Å². The third-order valence-electron chi connectivity index (χ3n) is 10.7. The number of rotatable bonds is 11. The Morgan fingerprint density at radius 2 is 0.929 bits per heavy atom. The van der Waals surface area contributed by atoms with E-state index in [0.717, 1.165) is 59.8 Å². The van der Waals surface area contributed by atoms with Gasteiger partial charge in [-0.15, -0.1) is 0 Å². The Morgan fingerprint density at radius 3 is 1.29 bits per heavy atom. The number of H-pyrrole nitrogens is 2. The fourth-order valence-electron chi connectivity index (χ4n) is 8.01. The molecule has 0 bridgehead atoms. The third kappa shape index (κ3) is 7.32. The van der Waals surface area contributed by atoms with Gasteiger partial charge < -0.3 is 19.8 Å². The van der Waals surface area contributed by atoms with Crippen molar-refractivity contribution in [1.82, 2.24) is 59.5 Å². The predicted molar refractivity (Wildman–Crippen MR) is 211 cm³/mol. The summed E-state index contributed by atoms with van der Waals surface area (Å²) in [5.41, 5.74) is 5.81. The summed E-state index contributed by atoms with van der Waals surface area (Å²) in [6.07, 6.45) is 13.7. The molecule has 4 atom stereocenters. The minimum absolute atomic E-state index is 0.0654. The lowest BCUT2D eigenvalue weighted by Gasteiger charge is -2.31. The van der Waals surface area contributed by atoms with E-state index in [1.807, 2.05) is 108 Å². The number of benzene rings is 2. The second-order valence-electron chi connectivity index (χ2n) is 14.9. The highest BCUT2D eigenvalue weighted by molar-refractivity contribution is 5.84. The number of imidazole rings is 2. The lowest BCUT2D eigenvalue weighted by Crippen LogP contribution is -2.40. The maximum atomic E-state index is 13.9. The second kappa shape index (κ2) is 15.9. The van der Waals surface area contributed by atoms with Crippen molar-refractivity contribution >= 4 is 11.8 Å². The number of hydrogen-bond donors (Lipinski definition) is 2. The number of nitrogens with one attached hydrogen (secondary N) is 2. The number of likely N-dealkylation sites (N-methyl/N-ethyl adjacent to an activating group) is 2. The largest absolute Gasteiger partial charge is 0.339 e. The zero-order valence-electron chi connectivity index (χ0n) is 32.1. The molecule has 2 aromatic carbocycles. The number of carbonyl (C=O) groups is 2. The summed E-state index contributed by atoms with van der Waals surface area (Å²) < 4.78 is 0. The Labute approximate surface area is 326 Å². The molecular weight excluding hydrogens is 705 g/mol. The van der Waals surface area contributed by atoms with Crippen LogP contribution < -0.4 is 0 Å². The van der Waals surface area contributed by atoms with Crippen molar-refractivity contribution < 1.29 is 9.59 Å². The lowest BCUT2D eigenvalue weighted by atomic mass is 10.0. The van der Waals surface area contributed by atoms with E-state index in [2.05, 4.69) is 39.9 Å². The molecule has 0 saturated carbocycles. The van der Waals surface area contributed by atoms with Gasteiger partial charge in [0.1, 0.15) is 46.5 Å². The minimum atomic E-state index is -0.375. The summed E-state index contributed by atoms with van der Waals surface area (Å²) >= 11 is 0. The van der Waals surface area contributed by atoms with Gasteiger partial charge in [0.25, 0.3) is 0 Å². The van der Waals surface area contributed by atoms with Gasteiger partial charge in [-0.05, 0) is 65.0 Å². The Morgan fingerprint density at radius 1 is 0.554 bits per heavy atom. The molecule has 0 radical (unpaired) electrons. The highest BCUT2D eigenvalue weighted by Crippen LogP contribution is 2.36. The number of aromatic nitrogens is 8. The highest BCUT2D eigenvalue weighted by atomic mass is 16.2. The van der Waals surface area contributed by atoms with E-state index in [-0.39, 0.29) is 36.0 Å². The zero-order valence-corrected chi connectivity index (χ0v) is 32.1. The first-order valence-electron chi connectivity index (χ1n) is 19.1. The number of amides is 2. The van der Waals surface area contributed by atoms with Crippen LogP contribution in [0, 0.1) is 0 Å². The van der Waals surface area contributed by atoms with E-state index in [0.29, 0.717) is 35.9 Å². The van der Waals surface area contributed by atoms with Gasteiger partial charge in [0.05, 0.1) is 60.7 Å². The van der Waals surface area contributed by atoms with Crippen molar-refractivity contribution in [3.8, 4) is 34.2 Å². The van der Waals surface area contributed by atoms with Crippen LogP contribution in [0.4, 0.5) is 0 Å². The van der Waals surface area contributed by atoms with Crippen molar-refractivity contribution in [3.63, 3.8) is 0 Å². The van der Waals surface area contributed by atoms with Gasteiger partial charge in [-0.25, -0.2) is 9.97 Å². The molecule has 2 aliphatic rings. The fraction of sp³-hybridized carbons (Fsp3) is 0.333. The highest BCUT2D eigenvalue weighted by Gasteiger charge is 2.38. The molecule has 0 aliphatic carbocycles. The third-order valence-corrected chi connectivity index (χ3v) is 10.7. The number of hydrogen-bond acceptors (Lipinski definition) is 10. The first kappa shape index (κ1) is 36.8. The second-order valence-corrected chi connectivity index (χ2v) is 14.9. The minimum Gasteiger partial charge on any atom is -0.339 e.